The van der Waals surface area contributed by atoms with Gasteiger partial charge in [0, 0.05) is 24.8 Å². The fraction of sp³-hybridized carbons (Fsp3) is 0.409. The fourth-order valence-electron chi connectivity index (χ4n) is 2.83. The Kier molecular flexibility index (Phi) is 9.15. The molecule has 28 heavy (non-hydrogen) atoms. The van der Waals surface area contributed by atoms with Crippen molar-refractivity contribution in [2.75, 3.05) is 45.2 Å². The van der Waals surface area contributed by atoms with E-state index in [0.717, 1.165) is 26.1 Å². The van der Waals surface area contributed by atoms with Gasteiger partial charge in [-0.05, 0) is 37.2 Å². The highest BCUT2D eigenvalue weighted by Gasteiger charge is 2.09. The molecule has 0 heterocycles. The van der Waals surface area contributed by atoms with Crippen LogP contribution >= 0.6 is 0 Å². The highest BCUT2D eigenvalue weighted by molar-refractivity contribution is 5.89. The largest absolute Gasteiger partial charge is 0.493 e. The predicted molar refractivity (Wildman–Crippen MR) is 113 cm³/mol. The number of nitrogens with one attached hydrogen (secondary N) is 2. The van der Waals surface area contributed by atoms with Crippen molar-refractivity contribution in [2.45, 2.75) is 20.3 Å². The van der Waals surface area contributed by atoms with Crippen molar-refractivity contribution in [3.8, 4) is 11.5 Å². The Morgan fingerprint density at radius 3 is 2.46 bits per heavy atom. The van der Waals surface area contributed by atoms with Crippen LogP contribution in [0.2, 0.25) is 0 Å². The average Bonchev–Trinajstić information content (AvgIpc) is 2.72. The Morgan fingerprint density at radius 1 is 1.04 bits per heavy atom. The summed E-state index contributed by atoms with van der Waals surface area (Å²) < 4.78 is 11.2. The van der Waals surface area contributed by atoms with Crippen LogP contribution in [0.1, 0.15) is 19.4 Å². The summed E-state index contributed by atoms with van der Waals surface area (Å²) in [5, 5.41) is 5.72. The summed E-state index contributed by atoms with van der Waals surface area (Å²) in [6.07, 6.45) is 0.788. The summed E-state index contributed by atoms with van der Waals surface area (Å²) >= 11 is 0. The van der Waals surface area contributed by atoms with E-state index in [4.69, 9.17) is 9.47 Å². The second-order valence-electron chi connectivity index (χ2n) is 6.36. The van der Waals surface area contributed by atoms with Crippen LogP contribution in [0.5, 0.6) is 11.5 Å². The molecule has 6 nitrogen and oxygen atoms in total. The van der Waals surface area contributed by atoms with Crippen molar-refractivity contribution < 1.29 is 14.3 Å². The smallest absolute Gasteiger partial charge is 0.319 e. The molecule has 0 atom stereocenters. The zero-order valence-electron chi connectivity index (χ0n) is 17.0. The molecule has 0 unspecified atom stereocenters. The molecule has 152 valence electrons. The summed E-state index contributed by atoms with van der Waals surface area (Å²) in [6.45, 7) is 8.21. The number of hydrogen-bond donors (Lipinski definition) is 2. The number of likely N-dealkylation sites (N-methyl/N-ethyl adjacent to an activating group) is 1. The molecular weight excluding hydrogens is 354 g/mol. The lowest BCUT2D eigenvalue weighted by molar-refractivity contribution is 0.217. The van der Waals surface area contributed by atoms with E-state index in [2.05, 4.69) is 29.4 Å². The lowest BCUT2D eigenvalue weighted by Gasteiger charge is -2.19. The van der Waals surface area contributed by atoms with Crippen LogP contribution < -0.4 is 20.1 Å². The lowest BCUT2D eigenvalue weighted by atomic mass is 10.1. The Labute approximate surface area is 167 Å². The Hall–Kier alpha value is -2.73. The van der Waals surface area contributed by atoms with Crippen LogP contribution in [0.15, 0.2) is 48.5 Å². The van der Waals surface area contributed by atoms with Crippen molar-refractivity contribution in [2.24, 2.45) is 0 Å². The number of carbonyl (C=O) groups excluding carboxylic acids is 1. The number of carbonyl (C=O) groups is 1. The SMILES string of the molecule is CCN(CC)CCOc1cc(NC(=O)NCCc2ccccc2)ccc1OC. The standard InChI is InChI=1S/C22H31N3O3/c1-4-25(5-2)15-16-28-21-17-19(11-12-20(21)27-3)24-22(26)23-14-13-18-9-7-6-8-10-18/h6-12,17H,4-5,13-16H2,1-3H3,(H2,23,24,26). The van der Waals surface area contributed by atoms with Crippen molar-refractivity contribution in [1.82, 2.24) is 10.2 Å². The van der Waals surface area contributed by atoms with E-state index in [1.807, 2.05) is 30.3 Å². The van der Waals surface area contributed by atoms with Gasteiger partial charge in [0.15, 0.2) is 11.5 Å². The molecule has 0 aliphatic carbocycles. The van der Waals surface area contributed by atoms with Crippen LogP contribution in [0, 0.1) is 0 Å². The topological polar surface area (TPSA) is 62.8 Å². The number of anilines is 1. The first-order valence-electron chi connectivity index (χ1n) is 9.78. The number of ether oxygens (including phenoxy) is 2. The first kappa shape index (κ1) is 21.6. The molecule has 2 amide bonds. The molecule has 6 heteroatoms. The molecular formula is C22H31N3O3. The number of nitrogens with zero attached hydrogens (tertiary/aromatic N) is 1. The molecule has 0 radical (unpaired) electrons. The van der Waals surface area contributed by atoms with Gasteiger partial charge in [0.25, 0.3) is 0 Å². The van der Waals surface area contributed by atoms with Gasteiger partial charge in [0.05, 0.1) is 7.11 Å². The van der Waals surface area contributed by atoms with E-state index in [1.54, 1.807) is 25.3 Å². The Morgan fingerprint density at radius 2 is 1.79 bits per heavy atom. The minimum atomic E-state index is -0.241. The predicted octanol–water partition coefficient (Wildman–Crippen LogP) is 3.78. The highest BCUT2D eigenvalue weighted by Crippen LogP contribution is 2.30. The molecule has 0 fully saturated rings. The third-order valence-electron chi connectivity index (χ3n) is 4.52. The van der Waals surface area contributed by atoms with E-state index in [1.165, 1.54) is 5.56 Å². The van der Waals surface area contributed by atoms with Gasteiger partial charge in [-0.1, -0.05) is 44.2 Å². The molecule has 0 spiro atoms. The number of hydrogen-bond acceptors (Lipinski definition) is 4. The number of methoxy groups -OCH3 is 1. The molecule has 2 aromatic carbocycles. The molecule has 2 rings (SSSR count). The fourth-order valence-corrected chi connectivity index (χ4v) is 2.83. The number of benzene rings is 2. The molecule has 0 saturated carbocycles. The number of amides is 2. The maximum atomic E-state index is 12.1. The molecule has 2 aromatic rings. The van der Waals surface area contributed by atoms with Gasteiger partial charge in [-0.25, -0.2) is 4.79 Å². The molecule has 0 saturated heterocycles. The number of rotatable bonds is 11. The maximum Gasteiger partial charge on any atom is 0.319 e. The van der Waals surface area contributed by atoms with Crippen molar-refractivity contribution >= 4 is 11.7 Å². The van der Waals surface area contributed by atoms with Crippen LogP contribution in [-0.4, -0.2) is 50.8 Å². The van der Waals surface area contributed by atoms with Crippen LogP contribution in [0.25, 0.3) is 0 Å². The van der Waals surface area contributed by atoms with Gasteiger partial charge < -0.3 is 25.0 Å². The summed E-state index contributed by atoms with van der Waals surface area (Å²) in [4.78, 5) is 14.4. The zero-order chi connectivity index (χ0) is 20.2. The number of urea groups is 1. The van der Waals surface area contributed by atoms with E-state index in [9.17, 15) is 4.79 Å². The van der Waals surface area contributed by atoms with E-state index >= 15 is 0 Å². The van der Waals surface area contributed by atoms with Crippen LogP contribution in [0.4, 0.5) is 10.5 Å². The van der Waals surface area contributed by atoms with E-state index < -0.39 is 0 Å². The first-order valence-corrected chi connectivity index (χ1v) is 9.78. The second-order valence-corrected chi connectivity index (χ2v) is 6.36. The zero-order valence-corrected chi connectivity index (χ0v) is 17.0. The van der Waals surface area contributed by atoms with Crippen LogP contribution in [-0.2, 0) is 6.42 Å². The summed E-state index contributed by atoms with van der Waals surface area (Å²) in [6, 6.07) is 15.2. The molecule has 0 aliphatic heterocycles. The third kappa shape index (κ3) is 7.12. The summed E-state index contributed by atoms with van der Waals surface area (Å²) in [7, 11) is 1.61. The Bertz CT molecular complexity index is 718. The lowest BCUT2D eigenvalue weighted by Crippen LogP contribution is -2.30. The third-order valence-corrected chi connectivity index (χ3v) is 4.52. The molecule has 0 bridgehead atoms. The van der Waals surface area contributed by atoms with Crippen molar-refractivity contribution in [3.05, 3.63) is 54.1 Å². The van der Waals surface area contributed by atoms with Gasteiger partial charge >= 0.3 is 6.03 Å². The highest BCUT2D eigenvalue weighted by atomic mass is 16.5. The molecule has 0 aromatic heterocycles. The monoisotopic (exact) mass is 385 g/mol. The minimum absolute atomic E-state index is 0.241. The van der Waals surface area contributed by atoms with Gasteiger partial charge in [-0.15, -0.1) is 0 Å². The van der Waals surface area contributed by atoms with Gasteiger partial charge in [0.1, 0.15) is 6.61 Å². The Balaban J connectivity index is 1.85. The quantitative estimate of drug-likeness (QED) is 0.618. The molecule has 2 N–H and O–H groups in total. The second kappa shape index (κ2) is 11.9. The normalized spacial score (nSPS) is 10.6. The molecule has 0 aliphatic rings. The minimum Gasteiger partial charge on any atom is -0.493 e. The van der Waals surface area contributed by atoms with E-state index in [-0.39, 0.29) is 6.03 Å². The average molecular weight is 386 g/mol. The summed E-state index contributed by atoms with van der Waals surface area (Å²) in [5.74, 6) is 1.27. The van der Waals surface area contributed by atoms with Crippen LogP contribution in [0.3, 0.4) is 0 Å². The van der Waals surface area contributed by atoms with Crippen molar-refractivity contribution in [3.63, 3.8) is 0 Å². The van der Waals surface area contributed by atoms with Gasteiger partial charge in [0.2, 0.25) is 0 Å². The van der Waals surface area contributed by atoms with Gasteiger partial charge in [-0.2, -0.15) is 0 Å². The summed E-state index contributed by atoms with van der Waals surface area (Å²) in [5.41, 5.74) is 1.85. The van der Waals surface area contributed by atoms with Crippen molar-refractivity contribution in [1.29, 1.82) is 0 Å². The maximum absolute atomic E-state index is 12.1. The van der Waals surface area contributed by atoms with Gasteiger partial charge in [-0.3, -0.25) is 0 Å². The first-order chi connectivity index (χ1) is 13.7. The van der Waals surface area contributed by atoms with E-state index in [0.29, 0.717) is 30.3 Å².